The first-order chi connectivity index (χ1) is 1.00. The fourth-order valence-corrected chi connectivity index (χ4v) is 0. The van der Waals surface area contributed by atoms with Gasteiger partial charge in [0.05, 0.1) is 0 Å². The van der Waals surface area contributed by atoms with Crippen molar-refractivity contribution in [2.45, 2.75) is 0 Å². The number of halogens is 2. The summed E-state index contributed by atoms with van der Waals surface area (Å²) in [6.45, 7) is 4.50. The zero-order valence-electron chi connectivity index (χ0n) is 1.66. The van der Waals surface area contributed by atoms with Gasteiger partial charge >= 0.3 is 11.6 Å². The van der Waals surface area contributed by atoms with E-state index in [4.69, 9.17) is 4.79 Å². The first-order valence-corrected chi connectivity index (χ1v) is 0.204. The molecule has 0 aliphatic rings. The molecular formula is CF2O. The van der Waals surface area contributed by atoms with Gasteiger partial charge in [0, 0.05) is 0 Å². The van der Waals surface area contributed by atoms with Gasteiger partial charge in [0.1, 0.15) is 0 Å². The Morgan fingerprint density at radius 1 is 1.00 bits per heavy atom. The van der Waals surface area contributed by atoms with Crippen molar-refractivity contribution in [1.29, 1.82) is 0 Å². The van der Waals surface area contributed by atoms with E-state index in [1.54, 1.807) is 0 Å². The molecule has 0 aromatic heterocycles. The van der Waals surface area contributed by atoms with E-state index in [2.05, 4.69) is 6.79 Å². The number of hydrogen-bond donors (Lipinski definition) is 0. The van der Waals surface area contributed by atoms with E-state index < -0.39 is 0 Å². The van der Waals surface area contributed by atoms with Crippen LogP contribution in [0.5, 0.6) is 0 Å². The van der Waals surface area contributed by atoms with Crippen LogP contribution in [0.1, 0.15) is 0 Å². The molecule has 0 aromatic rings. The Hall–Kier alpha value is -0.340. The van der Waals surface area contributed by atoms with E-state index in [0.717, 1.165) is 0 Å². The van der Waals surface area contributed by atoms with Gasteiger partial charge in [-0.2, -0.15) is 0 Å². The Balaban J connectivity index is -0.00000000500. The maximum Gasteiger partial charge on any atom is -1.00 e. The van der Waals surface area contributed by atoms with Gasteiger partial charge in [0.15, 0.2) is 0 Å². The molecule has 0 spiro atoms. The molecule has 0 amide bonds. The van der Waals surface area contributed by atoms with Crippen LogP contribution in [0, 0.1) is 0 Å². The average Bonchev–Trinajstić information content (AvgIpc) is 1.00. The molecule has 1 nitrogen and oxygen atoms in total. The van der Waals surface area contributed by atoms with E-state index in [0.29, 0.717) is 0 Å². The molecule has 0 saturated carbocycles. The molecule has 0 bridgehead atoms. The Bertz CT molecular complexity index is 6.00. The second-order valence-corrected chi connectivity index (χ2v) is 0. The van der Waals surface area contributed by atoms with Crippen molar-refractivity contribution in [2.24, 2.45) is 0 Å². The number of hydrogen-bond acceptors (Lipinski definition) is 1. The molecule has 0 unspecified atom stereocenters. The molecule has 0 saturated heterocycles. The SMILES string of the molecule is [C+2]=O.[F-].[F-]. The fourth-order valence-electron chi connectivity index (χ4n) is 0. The predicted molar refractivity (Wildman–Crippen MR) is 5.69 cm³/mol. The summed E-state index contributed by atoms with van der Waals surface area (Å²) >= 11 is 0. The Morgan fingerprint density at radius 3 is 1.00 bits per heavy atom. The van der Waals surface area contributed by atoms with Crippen LogP contribution in [0.15, 0.2) is 0 Å². The van der Waals surface area contributed by atoms with Crippen LogP contribution in [-0.4, -0.2) is 6.79 Å². The monoisotopic (exact) mass is 66.0 g/mol. The summed E-state index contributed by atoms with van der Waals surface area (Å²) in [6, 6.07) is 0. The first kappa shape index (κ1) is 59.5. The van der Waals surface area contributed by atoms with E-state index in [-0.39, 0.29) is 9.41 Å². The minimum absolute atomic E-state index is 0. The van der Waals surface area contributed by atoms with Gasteiger partial charge in [-0.05, 0) is 0 Å². The third-order valence-corrected chi connectivity index (χ3v) is 0. The average molecular weight is 66.0 g/mol. The summed E-state index contributed by atoms with van der Waals surface area (Å²) in [7, 11) is 0. The molecule has 0 radical (unpaired) electrons. The minimum atomic E-state index is 0. The second kappa shape index (κ2) is 63.4. The molecule has 0 aromatic carbocycles. The zero-order valence-corrected chi connectivity index (χ0v) is 1.66. The van der Waals surface area contributed by atoms with Gasteiger partial charge in [-0.25, -0.2) is 0 Å². The topological polar surface area (TPSA) is 17.1 Å². The quantitative estimate of drug-likeness (QED) is 0.275. The molecule has 0 atom stereocenters. The Kier molecular flexibility index (Phi) is 942. The van der Waals surface area contributed by atoms with Crippen LogP contribution < -0.4 is 9.41 Å². The summed E-state index contributed by atoms with van der Waals surface area (Å²) in [4.78, 5) is 7.50. The van der Waals surface area contributed by atoms with Gasteiger partial charge in [-0.1, -0.05) is 0 Å². The molecule has 0 aliphatic carbocycles. The van der Waals surface area contributed by atoms with Crippen molar-refractivity contribution in [3.63, 3.8) is 0 Å². The summed E-state index contributed by atoms with van der Waals surface area (Å²) in [5, 5.41) is 0. The molecule has 0 rings (SSSR count). The maximum absolute atomic E-state index is 7.50. The molecule has 4 heavy (non-hydrogen) atoms. The molecule has 0 fully saturated rings. The van der Waals surface area contributed by atoms with Gasteiger partial charge in [-0.15, -0.1) is 0 Å². The third kappa shape index (κ3) is 6.26. The van der Waals surface area contributed by atoms with E-state index in [1.165, 1.54) is 0 Å². The van der Waals surface area contributed by atoms with Crippen molar-refractivity contribution in [1.82, 2.24) is 0 Å². The third-order valence-electron chi connectivity index (χ3n) is 0. The standard InChI is InChI=1S/CO.2FH/c1-2;;/h;2*1H/q+2;;/p-2. The summed E-state index contributed by atoms with van der Waals surface area (Å²) in [5.41, 5.74) is 0. The normalized spacial score (nSPS) is 1.50. The number of carbonyl (C=O) groups excluding carboxylic acids is 1. The van der Waals surface area contributed by atoms with Crippen molar-refractivity contribution in [3.05, 3.63) is 0 Å². The van der Waals surface area contributed by atoms with E-state index in [1.807, 2.05) is 0 Å². The van der Waals surface area contributed by atoms with Gasteiger partial charge in [0.2, 0.25) is 0 Å². The van der Waals surface area contributed by atoms with Crippen molar-refractivity contribution in [2.75, 3.05) is 0 Å². The second-order valence-electron chi connectivity index (χ2n) is 0. The van der Waals surface area contributed by atoms with Crippen LogP contribution in [0.4, 0.5) is 0 Å². The Labute approximate surface area is 22.4 Å². The smallest absolute Gasteiger partial charge is 1.00 e. The van der Waals surface area contributed by atoms with Crippen LogP contribution in [0.3, 0.4) is 0 Å². The molecule has 3 heteroatoms. The predicted octanol–water partition coefficient (Wildman–Crippen LogP) is -6.39. The Morgan fingerprint density at radius 2 is 1.00 bits per heavy atom. The van der Waals surface area contributed by atoms with Crippen LogP contribution in [0.25, 0.3) is 0 Å². The van der Waals surface area contributed by atoms with Gasteiger partial charge < -0.3 is 9.41 Å². The van der Waals surface area contributed by atoms with Crippen molar-refractivity contribution < 1.29 is 14.2 Å². The van der Waals surface area contributed by atoms with Gasteiger partial charge in [-0.3, -0.25) is 0 Å². The maximum atomic E-state index is 7.50. The summed E-state index contributed by atoms with van der Waals surface area (Å²) in [6.07, 6.45) is 0. The molecule has 0 aliphatic heterocycles. The van der Waals surface area contributed by atoms with Crippen molar-refractivity contribution >= 4 is 6.79 Å². The fraction of sp³-hybridized carbons (Fsp3) is 0. The van der Waals surface area contributed by atoms with Crippen LogP contribution >= 0.6 is 0 Å². The minimum Gasteiger partial charge on any atom is -1.00 e. The van der Waals surface area contributed by atoms with Crippen molar-refractivity contribution in [3.8, 4) is 0 Å². The van der Waals surface area contributed by atoms with Crippen LogP contribution in [0.2, 0.25) is 0 Å². The van der Waals surface area contributed by atoms with E-state index >= 15 is 0 Å². The first-order valence-electron chi connectivity index (χ1n) is 0.204. The summed E-state index contributed by atoms with van der Waals surface area (Å²) < 4.78 is 0. The number of rotatable bonds is 0. The summed E-state index contributed by atoms with van der Waals surface area (Å²) in [5.74, 6) is 0. The molecule has 0 heterocycles. The van der Waals surface area contributed by atoms with Gasteiger partial charge in [0.25, 0.3) is 0 Å². The molecule has 0 N–H and O–H groups in total. The molecular weight excluding hydrogens is 66.0 g/mol. The van der Waals surface area contributed by atoms with Crippen LogP contribution in [-0.2, 0) is 4.79 Å². The zero-order chi connectivity index (χ0) is 2.00. The molecule has 24 valence electrons. The van der Waals surface area contributed by atoms with E-state index in [9.17, 15) is 0 Å². The largest absolute Gasteiger partial charge is 1.00 e.